The molecule has 0 atom stereocenters. The van der Waals surface area contributed by atoms with Gasteiger partial charge in [-0.1, -0.05) is 0 Å². The molecule has 1 nitrogen and oxygen atoms in total. The van der Waals surface area contributed by atoms with E-state index in [0.717, 1.165) is 16.9 Å². The van der Waals surface area contributed by atoms with Crippen molar-refractivity contribution < 1.29 is 4.42 Å². The molecule has 0 spiro atoms. The molecule has 0 aliphatic rings. The van der Waals surface area contributed by atoms with Crippen LogP contribution in [0.15, 0.2) is 83.3 Å². The molecule has 0 saturated heterocycles. The number of benzene rings is 3. The first-order valence-electron chi connectivity index (χ1n) is 7.63. The van der Waals surface area contributed by atoms with Gasteiger partial charge in [0.25, 0.3) is 0 Å². The molecule has 1 heterocycles. The molecule has 0 N–H and O–H groups in total. The van der Waals surface area contributed by atoms with E-state index in [1.165, 1.54) is 19.9 Å². The van der Waals surface area contributed by atoms with Gasteiger partial charge in [-0.3, -0.25) is 0 Å². The second kappa shape index (κ2) is 6.08. The fraction of sp³-hybridized carbons (Fsp3) is 0.0476. The van der Waals surface area contributed by atoms with Crippen molar-refractivity contribution in [2.45, 2.75) is 6.92 Å². The van der Waals surface area contributed by atoms with Crippen molar-refractivity contribution in [2.75, 3.05) is 0 Å². The number of aryl methyl sites for hydroxylation is 1. The number of fused-ring (bicyclic) bond motifs is 1. The quantitative estimate of drug-likeness (QED) is 0.500. The SMILES string of the molecule is Cc1ccc2oc(-c3ccccc3)c([Se]c3ccccc3)c2c1. The Hall–Kier alpha value is -2.28. The fourth-order valence-electron chi connectivity index (χ4n) is 2.68. The van der Waals surface area contributed by atoms with Gasteiger partial charge in [0.05, 0.1) is 0 Å². The monoisotopic (exact) mass is 364 g/mol. The fourth-order valence-corrected chi connectivity index (χ4v) is 4.88. The van der Waals surface area contributed by atoms with Gasteiger partial charge in [-0.2, -0.15) is 0 Å². The molecule has 2 heteroatoms. The molecule has 0 amide bonds. The third-order valence-electron chi connectivity index (χ3n) is 3.80. The summed E-state index contributed by atoms with van der Waals surface area (Å²) in [4.78, 5) is 0. The van der Waals surface area contributed by atoms with E-state index in [9.17, 15) is 0 Å². The molecule has 0 aliphatic heterocycles. The zero-order valence-corrected chi connectivity index (χ0v) is 14.5. The summed E-state index contributed by atoms with van der Waals surface area (Å²) >= 11 is 0.214. The van der Waals surface area contributed by atoms with Crippen molar-refractivity contribution in [3.05, 3.63) is 84.4 Å². The average Bonchev–Trinajstić information content (AvgIpc) is 2.95. The van der Waals surface area contributed by atoms with Crippen molar-refractivity contribution in [1.82, 2.24) is 0 Å². The average molecular weight is 363 g/mol. The van der Waals surface area contributed by atoms with Crippen LogP contribution in [-0.4, -0.2) is 15.0 Å². The molecular weight excluding hydrogens is 347 g/mol. The van der Waals surface area contributed by atoms with Gasteiger partial charge in [-0.05, 0) is 0 Å². The Morgan fingerprint density at radius 3 is 2.22 bits per heavy atom. The third-order valence-corrected chi connectivity index (χ3v) is 6.14. The van der Waals surface area contributed by atoms with E-state index >= 15 is 0 Å². The molecule has 0 saturated carbocycles. The van der Waals surface area contributed by atoms with Crippen LogP contribution < -0.4 is 8.92 Å². The second-order valence-electron chi connectivity index (χ2n) is 5.54. The van der Waals surface area contributed by atoms with E-state index < -0.39 is 0 Å². The number of rotatable bonds is 3. The second-order valence-corrected chi connectivity index (χ2v) is 7.81. The van der Waals surface area contributed by atoms with Crippen molar-refractivity contribution in [3.63, 3.8) is 0 Å². The van der Waals surface area contributed by atoms with Crippen LogP contribution in [0.5, 0.6) is 0 Å². The predicted octanol–water partition coefficient (Wildman–Crippen LogP) is 4.06. The van der Waals surface area contributed by atoms with Crippen LogP contribution in [-0.2, 0) is 0 Å². The zero-order chi connectivity index (χ0) is 15.6. The van der Waals surface area contributed by atoms with Crippen LogP contribution in [0.4, 0.5) is 0 Å². The Morgan fingerprint density at radius 2 is 1.48 bits per heavy atom. The summed E-state index contributed by atoms with van der Waals surface area (Å²) in [7, 11) is 0. The Morgan fingerprint density at radius 1 is 0.783 bits per heavy atom. The van der Waals surface area contributed by atoms with Crippen LogP contribution in [0.1, 0.15) is 5.56 Å². The first kappa shape index (κ1) is 14.3. The Balaban J connectivity index is 1.93. The van der Waals surface area contributed by atoms with Crippen LogP contribution in [0.3, 0.4) is 0 Å². The molecule has 0 aliphatic carbocycles. The van der Waals surface area contributed by atoms with Gasteiger partial charge in [0.15, 0.2) is 0 Å². The van der Waals surface area contributed by atoms with Crippen molar-refractivity contribution in [1.29, 1.82) is 0 Å². The van der Waals surface area contributed by atoms with Crippen molar-refractivity contribution in [3.8, 4) is 11.3 Å². The number of furan rings is 1. The van der Waals surface area contributed by atoms with Crippen LogP contribution in [0.25, 0.3) is 22.3 Å². The molecule has 0 bridgehead atoms. The third kappa shape index (κ3) is 2.84. The Bertz CT molecular complexity index is 940. The summed E-state index contributed by atoms with van der Waals surface area (Å²) in [6.07, 6.45) is 0. The molecular formula is C21H16OSe. The standard InChI is InChI=1S/C21H16OSe/c1-15-12-13-19-18(14-15)21(23-17-10-6-3-7-11-17)20(22-19)16-8-4-2-5-9-16/h2-14H,1H3. The molecule has 0 fully saturated rings. The summed E-state index contributed by atoms with van der Waals surface area (Å²) in [6, 6.07) is 27.5. The van der Waals surface area contributed by atoms with E-state index in [2.05, 4.69) is 79.7 Å². The first-order chi connectivity index (χ1) is 11.3. The van der Waals surface area contributed by atoms with Gasteiger partial charge in [-0.15, -0.1) is 0 Å². The Kier molecular flexibility index (Phi) is 3.78. The normalized spacial score (nSPS) is 11.0. The maximum absolute atomic E-state index is 6.23. The predicted molar refractivity (Wildman–Crippen MR) is 97.9 cm³/mol. The van der Waals surface area contributed by atoms with Gasteiger partial charge in [0.1, 0.15) is 0 Å². The van der Waals surface area contributed by atoms with Gasteiger partial charge in [0.2, 0.25) is 0 Å². The van der Waals surface area contributed by atoms with E-state index in [1.807, 2.05) is 6.07 Å². The van der Waals surface area contributed by atoms with E-state index in [0.29, 0.717) is 0 Å². The molecule has 4 aromatic rings. The Labute approximate surface area is 142 Å². The van der Waals surface area contributed by atoms with Crippen molar-refractivity contribution in [2.24, 2.45) is 0 Å². The van der Waals surface area contributed by atoms with Crippen LogP contribution in [0, 0.1) is 6.92 Å². The summed E-state index contributed by atoms with van der Waals surface area (Å²) in [5.74, 6) is 1.01. The number of hydrogen-bond donors (Lipinski definition) is 0. The first-order valence-corrected chi connectivity index (χ1v) is 9.34. The molecule has 0 radical (unpaired) electrons. The number of hydrogen-bond acceptors (Lipinski definition) is 1. The summed E-state index contributed by atoms with van der Waals surface area (Å²) in [5, 5.41) is 1.24. The topological polar surface area (TPSA) is 13.1 Å². The molecule has 4 rings (SSSR count). The molecule has 112 valence electrons. The van der Waals surface area contributed by atoms with Crippen molar-refractivity contribution >= 4 is 34.8 Å². The zero-order valence-electron chi connectivity index (χ0n) is 12.8. The summed E-state index contributed by atoms with van der Waals surface area (Å²) < 4.78 is 8.92. The van der Waals surface area contributed by atoms with Crippen LogP contribution >= 0.6 is 0 Å². The van der Waals surface area contributed by atoms with E-state index in [4.69, 9.17) is 4.42 Å². The van der Waals surface area contributed by atoms with E-state index in [1.54, 1.807) is 0 Å². The van der Waals surface area contributed by atoms with Gasteiger partial charge >= 0.3 is 142 Å². The van der Waals surface area contributed by atoms with E-state index in [-0.39, 0.29) is 15.0 Å². The van der Waals surface area contributed by atoms with Gasteiger partial charge in [0, 0.05) is 0 Å². The molecule has 23 heavy (non-hydrogen) atoms. The molecule has 0 unspecified atom stereocenters. The summed E-state index contributed by atoms with van der Waals surface area (Å²) in [6.45, 7) is 2.13. The maximum atomic E-state index is 6.23. The molecule has 1 aromatic heterocycles. The molecule has 3 aromatic carbocycles. The minimum absolute atomic E-state index is 0.214. The van der Waals surface area contributed by atoms with Crippen LogP contribution in [0.2, 0.25) is 0 Å². The summed E-state index contributed by atoms with van der Waals surface area (Å²) in [5.41, 5.74) is 3.39. The van der Waals surface area contributed by atoms with Gasteiger partial charge < -0.3 is 0 Å². The minimum atomic E-state index is 0.214. The van der Waals surface area contributed by atoms with Gasteiger partial charge in [-0.25, -0.2) is 0 Å².